The summed E-state index contributed by atoms with van der Waals surface area (Å²) in [5, 5.41) is 42.8. The van der Waals surface area contributed by atoms with Crippen LogP contribution >= 0.6 is 35.0 Å². The van der Waals surface area contributed by atoms with Crippen LogP contribution in [0.1, 0.15) is 16.8 Å². The number of nitrogens with zero attached hydrogens (tertiary/aromatic N) is 2. The number of esters is 1. The number of hydrogen-bond acceptors (Lipinski definition) is 9. The topological polar surface area (TPSA) is 134 Å². The minimum absolute atomic E-state index is 0.0727. The molecule has 0 radical (unpaired) electrons. The van der Waals surface area contributed by atoms with Crippen LogP contribution in [0.15, 0.2) is 60.7 Å². The van der Waals surface area contributed by atoms with E-state index in [9.17, 15) is 46.5 Å². The van der Waals surface area contributed by atoms with Crippen molar-refractivity contribution in [3.63, 3.8) is 0 Å². The third-order valence-corrected chi connectivity index (χ3v) is 8.83. The maximum atomic E-state index is 14.0. The van der Waals surface area contributed by atoms with Crippen LogP contribution in [0.3, 0.4) is 0 Å². The molecule has 3 atom stereocenters. The largest absolute Gasteiger partial charge is 0.488 e. The lowest BCUT2D eigenvalue weighted by Crippen LogP contribution is -2.38. The SMILES string of the molecule is Cn1nc(C(F)(F)F)cc1-c1ccc(OCc2ccc(Cl)cc2)c(-c2ccc(Cl)c(C(F)(F)F)c2)c1OC(=O)C(O)C(O)CSCC(O)CO. The zero-order valence-corrected chi connectivity index (χ0v) is 28.0. The van der Waals surface area contributed by atoms with Crippen LogP contribution in [0.5, 0.6) is 11.5 Å². The van der Waals surface area contributed by atoms with Crippen molar-refractivity contribution in [1.29, 1.82) is 0 Å². The number of rotatable bonds is 13. The lowest BCUT2D eigenvalue weighted by atomic mass is 9.96. The van der Waals surface area contributed by atoms with Crippen molar-refractivity contribution in [3.05, 3.63) is 87.5 Å². The van der Waals surface area contributed by atoms with Crippen molar-refractivity contribution in [2.24, 2.45) is 7.05 Å². The molecular formula is C32H28Cl2F6N2O7S. The van der Waals surface area contributed by atoms with E-state index in [-0.39, 0.29) is 46.2 Å². The van der Waals surface area contributed by atoms with E-state index in [0.717, 1.165) is 35.6 Å². The smallest absolute Gasteiger partial charge is 0.435 e. The summed E-state index contributed by atoms with van der Waals surface area (Å²) in [6.45, 7) is -0.778. The van der Waals surface area contributed by atoms with Gasteiger partial charge in [-0.3, -0.25) is 4.68 Å². The van der Waals surface area contributed by atoms with Crippen molar-refractivity contribution >= 4 is 40.9 Å². The molecular weight excluding hydrogens is 741 g/mol. The molecule has 4 rings (SSSR count). The number of alkyl halides is 6. The predicted molar refractivity (Wildman–Crippen MR) is 173 cm³/mol. The molecule has 0 amide bonds. The summed E-state index contributed by atoms with van der Waals surface area (Å²) in [5.41, 5.74) is -3.27. The number of aliphatic hydroxyl groups is 4. The van der Waals surface area contributed by atoms with Gasteiger partial charge in [0.2, 0.25) is 0 Å². The number of aliphatic hydroxyl groups excluding tert-OH is 4. The minimum atomic E-state index is -4.96. The lowest BCUT2D eigenvalue weighted by molar-refractivity contribution is -0.148. The highest BCUT2D eigenvalue weighted by molar-refractivity contribution is 7.99. The van der Waals surface area contributed by atoms with E-state index >= 15 is 0 Å². The fourth-order valence-corrected chi connectivity index (χ4v) is 5.84. The highest BCUT2D eigenvalue weighted by Gasteiger charge is 2.37. The van der Waals surface area contributed by atoms with Crippen LogP contribution in [0.25, 0.3) is 22.4 Å². The van der Waals surface area contributed by atoms with Crippen LogP contribution in [0.4, 0.5) is 26.3 Å². The number of carbonyl (C=O) groups excluding carboxylic acids is 1. The monoisotopic (exact) mass is 768 g/mol. The van der Waals surface area contributed by atoms with Gasteiger partial charge in [-0.25, -0.2) is 4.79 Å². The van der Waals surface area contributed by atoms with Crippen LogP contribution in [0, 0.1) is 0 Å². The number of thioether (sulfide) groups is 1. The van der Waals surface area contributed by atoms with E-state index < -0.39 is 65.3 Å². The molecule has 0 saturated carbocycles. The van der Waals surface area contributed by atoms with Gasteiger partial charge in [0.1, 0.15) is 12.4 Å². The first-order chi connectivity index (χ1) is 23.4. The summed E-state index contributed by atoms with van der Waals surface area (Å²) in [6, 6.07) is 12.1. The zero-order valence-electron chi connectivity index (χ0n) is 25.7. The molecule has 4 aromatic rings. The molecule has 3 aromatic carbocycles. The number of benzene rings is 3. The third kappa shape index (κ3) is 9.63. The molecule has 0 fully saturated rings. The molecule has 0 aliphatic heterocycles. The Labute approximate surface area is 295 Å². The Balaban J connectivity index is 1.91. The van der Waals surface area contributed by atoms with E-state index in [2.05, 4.69) is 5.10 Å². The Morgan fingerprint density at radius 2 is 1.62 bits per heavy atom. The van der Waals surface area contributed by atoms with E-state index in [1.54, 1.807) is 24.3 Å². The van der Waals surface area contributed by atoms with Crippen LogP contribution < -0.4 is 9.47 Å². The Kier molecular flexibility index (Phi) is 12.7. The molecule has 270 valence electrons. The molecule has 0 aliphatic rings. The number of ether oxygens (including phenoxy) is 2. The molecule has 4 N–H and O–H groups in total. The van der Waals surface area contributed by atoms with Gasteiger partial charge in [-0.05, 0) is 53.6 Å². The van der Waals surface area contributed by atoms with Gasteiger partial charge in [0.05, 0.1) is 40.7 Å². The quantitative estimate of drug-likeness (QED) is 0.0694. The Hall–Kier alpha value is -3.51. The molecule has 50 heavy (non-hydrogen) atoms. The molecule has 9 nitrogen and oxygen atoms in total. The molecule has 1 aromatic heterocycles. The molecule has 18 heteroatoms. The predicted octanol–water partition coefficient (Wildman–Crippen LogP) is 6.39. The number of halogens is 8. The second-order valence-electron chi connectivity index (χ2n) is 10.8. The van der Waals surface area contributed by atoms with Gasteiger partial charge >= 0.3 is 18.3 Å². The zero-order chi connectivity index (χ0) is 37.0. The van der Waals surface area contributed by atoms with Gasteiger partial charge in [0.15, 0.2) is 17.5 Å². The normalized spacial score (nSPS) is 13.9. The molecule has 3 unspecified atom stereocenters. The number of hydrogen-bond donors (Lipinski definition) is 4. The van der Waals surface area contributed by atoms with Gasteiger partial charge in [-0.15, -0.1) is 0 Å². The summed E-state index contributed by atoms with van der Waals surface area (Å²) >= 11 is 12.7. The van der Waals surface area contributed by atoms with E-state index in [1.165, 1.54) is 12.1 Å². The van der Waals surface area contributed by atoms with Crippen molar-refractivity contribution in [3.8, 4) is 33.9 Å². The van der Waals surface area contributed by atoms with Gasteiger partial charge in [-0.1, -0.05) is 41.4 Å². The van der Waals surface area contributed by atoms with Crippen molar-refractivity contribution in [2.75, 3.05) is 18.1 Å². The van der Waals surface area contributed by atoms with Crippen molar-refractivity contribution in [2.45, 2.75) is 37.3 Å². The maximum Gasteiger partial charge on any atom is 0.435 e. The van der Waals surface area contributed by atoms with Crippen LogP contribution in [-0.2, 0) is 30.8 Å². The van der Waals surface area contributed by atoms with Crippen molar-refractivity contribution < 1.29 is 61.0 Å². The van der Waals surface area contributed by atoms with Gasteiger partial charge in [0.25, 0.3) is 0 Å². The highest BCUT2D eigenvalue weighted by Crippen LogP contribution is 2.48. The summed E-state index contributed by atoms with van der Waals surface area (Å²) in [7, 11) is 1.15. The summed E-state index contributed by atoms with van der Waals surface area (Å²) in [6.07, 6.45) is -15.1. The molecule has 0 aliphatic carbocycles. The second kappa shape index (κ2) is 16.2. The Bertz CT molecular complexity index is 1810. The van der Waals surface area contributed by atoms with Crippen molar-refractivity contribution in [1.82, 2.24) is 9.78 Å². The molecule has 0 spiro atoms. The van der Waals surface area contributed by atoms with Crippen LogP contribution in [-0.4, -0.2) is 72.6 Å². The average Bonchev–Trinajstić information content (AvgIpc) is 3.45. The average molecular weight is 770 g/mol. The fourth-order valence-electron chi connectivity index (χ4n) is 4.55. The van der Waals surface area contributed by atoms with E-state index in [1.807, 2.05) is 0 Å². The standard InChI is InChI=1S/C32H28Cl2F6N2O7S/c1-42-23(11-26(41-42)32(38,39)40)20-7-9-25(48-13-16-2-5-18(33)6-3-16)27(17-4-8-22(34)21(10-17)31(35,36)37)29(20)49-30(47)28(46)24(45)15-50-14-19(44)12-43/h2-11,19,24,28,43-46H,12-15H2,1H3. The maximum absolute atomic E-state index is 14.0. The molecule has 1 heterocycles. The number of aryl methyl sites for hydroxylation is 1. The highest BCUT2D eigenvalue weighted by atomic mass is 35.5. The number of aromatic nitrogens is 2. The van der Waals surface area contributed by atoms with E-state index in [0.29, 0.717) is 22.7 Å². The second-order valence-corrected chi connectivity index (χ2v) is 12.7. The number of carbonyl (C=O) groups is 1. The first-order valence-corrected chi connectivity index (χ1v) is 16.3. The summed E-state index contributed by atoms with van der Waals surface area (Å²) < 4.78 is 95.4. The lowest BCUT2D eigenvalue weighted by Gasteiger charge is -2.22. The fraction of sp³-hybridized carbons (Fsp3) is 0.312. The van der Waals surface area contributed by atoms with Gasteiger partial charge in [0, 0.05) is 29.1 Å². The first kappa shape index (κ1) is 39.3. The van der Waals surface area contributed by atoms with E-state index in [4.69, 9.17) is 37.8 Å². The Morgan fingerprint density at radius 1 is 0.940 bits per heavy atom. The first-order valence-electron chi connectivity index (χ1n) is 14.4. The summed E-state index contributed by atoms with van der Waals surface area (Å²) in [5.74, 6) is -2.76. The summed E-state index contributed by atoms with van der Waals surface area (Å²) in [4.78, 5) is 13.3. The third-order valence-electron chi connectivity index (χ3n) is 7.05. The minimum Gasteiger partial charge on any atom is -0.488 e. The van der Waals surface area contributed by atoms with Gasteiger partial charge < -0.3 is 29.9 Å². The van der Waals surface area contributed by atoms with Crippen LogP contribution in [0.2, 0.25) is 10.0 Å². The Morgan fingerprint density at radius 3 is 2.22 bits per heavy atom. The molecule has 0 saturated heterocycles. The molecule has 0 bridgehead atoms. The van der Waals surface area contributed by atoms with Gasteiger partial charge in [-0.2, -0.15) is 43.2 Å².